The van der Waals surface area contributed by atoms with E-state index in [9.17, 15) is 18.9 Å². The number of imide groups is 1. The third-order valence-corrected chi connectivity index (χ3v) is 12.2. The number of hydrogen-bond donors (Lipinski definition) is 4. The summed E-state index contributed by atoms with van der Waals surface area (Å²) in [7, 11) is -0.920. The molecule has 3 aliphatic rings. The summed E-state index contributed by atoms with van der Waals surface area (Å²) in [6, 6.07) is 18.6. The van der Waals surface area contributed by atoms with E-state index in [1.54, 1.807) is 37.5 Å². The second kappa shape index (κ2) is 16.9. The average Bonchev–Trinajstić information content (AvgIpc) is 3.52. The number of fused-ring (bicyclic) bond motifs is 1. The molecule has 16 heteroatoms. The Kier molecular flexibility index (Phi) is 11.8. The van der Waals surface area contributed by atoms with Crippen molar-refractivity contribution in [1.29, 1.82) is 0 Å². The zero-order valence-electron chi connectivity index (χ0n) is 31.6. The molecule has 0 saturated carbocycles. The molecule has 1 atom stereocenters. The summed E-state index contributed by atoms with van der Waals surface area (Å²) >= 11 is 6.46. The number of rotatable bonds is 14. The summed E-state index contributed by atoms with van der Waals surface area (Å²) in [5.74, 6) is 1.08. The van der Waals surface area contributed by atoms with Gasteiger partial charge in [0.25, 0.3) is 5.91 Å². The maximum absolute atomic E-state index is 13.1. The Bertz CT molecular complexity index is 2170. The fourth-order valence-electron chi connectivity index (χ4n) is 7.39. The van der Waals surface area contributed by atoms with Crippen molar-refractivity contribution < 1.29 is 28.4 Å². The lowest BCUT2D eigenvalue weighted by atomic mass is 10.0. The molecule has 0 aliphatic carbocycles. The van der Waals surface area contributed by atoms with E-state index in [1.807, 2.05) is 42.5 Å². The molecule has 2 saturated heterocycles. The molecule has 14 nitrogen and oxygen atoms in total. The molecule has 4 heterocycles. The molecule has 0 spiro atoms. The molecule has 4 aromatic rings. The van der Waals surface area contributed by atoms with Crippen LogP contribution in [0.5, 0.6) is 11.5 Å². The Morgan fingerprint density at radius 3 is 2.54 bits per heavy atom. The quantitative estimate of drug-likeness (QED) is 0.0703. The first-order chi connectivity index (χ1) is 27.0. The molecule has 2 fully saturated rings. The van der Waals surface area contributed by atoms with Crippen molar-refractivity contribution in [3.8, 4) is 11.5 Å². The molecule has 1 aromatic heterocycles. The summed E-state index contributed by atoms with van der Waals surface area (Å²) in [6.45, 7) is 6.79. The maximum atomic E-state index is 13.1. The third kappa shape index (κ3) is 8.77. The van der Waals surface area contributed by atoms with E-state index in [2.05, 4.69) is 42.2 Å². The van der Waals surface area contributed by atoms with E-state index < -0.39 is 19.1 Å². The molecule has 0 radical (unpaired) electrons. The van der Waals surface area contributed by atoms with Gasteiger partial charge in [0.2, 0.25) is 17.8 Å². The second-order valence-electron chi connectivity index (χ2n) is 14.5. The Labute approximate surface area is 331 Å². The van der Waals surface area contributed by atoms with Crippen LogP contribution in [0.3, 0.4) is 0 Å². The molecular formula is C40H46ClN8O6P. The molecular weight excluding hydrogens is 755 g/mol. The van der Waals surface area contributed by atoms with E-state index >= 15 is 0 Å². The number of amides is 3. The topological polar surface area (TPSA) is 167 Å². The van der Waals surface area contributed by atoms with Crippen LogP contribution in [-0.2, 0) is 20.7 Å². The van der Waals surface area contributed by atoms with Gasteiger partial charge in [-0.25, -0.2) is 4.98 Å². The summed E-state index contributed by atoms with van der Waals surface area (Å²) in [5, 5.41) is 13.5. The smallest absolute Gasteiger partial charge is 0.255 e. The van der Waals surface area contributed by atoms with Crippen LogP contribution in [0.25, 0.3) is 0 Å². The van der Waals surface area contributed by atoms with Gasteiger partial charge >= 0.3 is 0 Å². The zero-order valence-corrected chi connectivity index (χ0v) is 33.3. The van der Waals surface area contributed by atoms with Crippen LogP contribution in [0.4, 0.5) is 28.8 Å². The predicted molar refractivity (Wildman–Crippen MR) is 218 cm³/mol. The van der Waals surface area contributed by atoms with Crippen LogP contribution >= 0.6 is 18.7 Å². The van der Waals surface area contributed by atoms with E-state index in [0.29, 0.717) is 69.6 Å². The van der Waals surface area contributed by atoms with Gasteiger partial charge in [0.1, 0.15) is 29.7 Å². The minimum absolute atomic E-state index is 0.208. The number of hydrogen-bond acceptors (Lipinski definition) is 12. The lowest BCUT2D eigenvalue weighted by Crippen LogP contribution is -2.52. The van der Waals surface area contributed by atoms with E-state index in [-0.39, 0.29) is 24.8 Å². The number of para-hydroxylation sites is 1. The van der Waals surface area contributed by atoms with Gasteiger partial charge in [-0.05, 0) is 82.0 Å². The first kappa shape index (κ1) is 39.1. The largest absolute Gasteiger partial charge is 0.494 e. The molecule has 3 aliphatic heterocycles. The van der Waals surface area contributed by atoms with E-state index in [0.717, 1.165) is 50.1 Å². The second-order valence-corrected chi connectivity index (χ2v) is 18.1. The number of aromatic nitrogens is 2. The minimum atomic E-state index is -2.55. The summed E-state index contributed by atoms with van der Waals surface area (Å²) < 4.78 is 24.8. The zero-order chi connectivity index (χ0) is 39.4. The normalized spacial score (nSPS) is 17.4. The number of nitrogens with one attached hydrogen (secondary N) is 4. The lowest BCUT2D eigenvalue weighted by Gasteiger charge is -2.34. The van der Waals surface area contributed by atoms with E-state index in [1.165, 1.54) is 6.20 Å². The minimum Gasteiger partial charge on any atom is -0.494 e. The lowest BCUT2D eigenvalue weighted by molar-refractivity contribution is -0.136. The van der Waals surface area contributed by atoms with Gasteiger partial charge in [-0.1, -0.05) is 29.8 Å². The van der Waals surface area contributed by atoms with Crippen LogP contribution < -0.4 is 40.9 Å². The van der Waals surface area contributed by atoms with Crippen molar-refractivity contribution >= 4 is 70.6 Å². The number of carbonyl (C=O) groups excluding carboxylic acids is 3. The summed E-state index contributed by atoms with van der Waals surface area (Å²) in [4.78, 5) is 50.0. The highest BCUT2D eigenvalue weighted by Crippen LogP contribution is 2.39. The first-order valence-electron chi connectivity index (χ1n) is 18.8. The highest BCUT2D eigenvalue weighted by atomic mass is 35.5. The number of nitrogens with zero attached hydrogens (tertiary/aromatic N) is 4. The Morgan fingerprint density at radius 1 is 0.964 bits per heavy atom. The van der Waals surface area contributed by atoms with Gasteiger partial charge in [-0.2, -0.15) is 4.98 Å². The molecule has 7 rings (SSSR count). The number of benzene rings is 3. The van der Waals surface area contributed by atoms with Gasteiger partial charge in [-0.15, -0.1) is 0 Å². The van der Waals surface area contributed by atoms with Crippen LogP contribution in [0, 0.1) is 0 Å². The molecule has 3 aromatic carbocycles. The Hall–Kier alpha value is -5.17. The van der Waals surface area contributed by atoms with Gasteiger partial charge < -0.3 is 39.8 Å². The first-order valence-corrected chi connectivity index (χ1v) is 21.7. The fourth-order valence-corrected chi connectivity index (χ4v) is 8.68. The van der Waals surface area contributed by atoms with Crippen LogP contribution in [0.2, 0.25) is 5.02 Å². The Morgan fingerprint density at radius 2 is 1.77 bits per heavy atom. The number of piperidine rings is 2. The Balaban J connectivity index is 0.878. The maximum Gasteiger partial charge on any atom is 0.255 e. The molecule has 4 N–H and O–H groups in total. The average molecular weight is 801 g/mol. The highest BCUT2D eigenvalue weighted by Gasteiger charge is 2.40. The van der Waals surface area contributed by atoms with Crippen LogP contribution in [0.1, 0.15) is 48.0 Å². The number of methoxy groups -OCH3 is 1. The monoisotopic (exact) mass is 800 g/mol. The fraction of sp³-hybridized carbons (Fsp3) is 0.375. The predicted octanol–water partition coefficient (Wildman–Crippen LogP) is 5.66. The van der Waals surface area contributed by atoms with Gasteiger partial charge in [0.15, 0.2) is 5.82 Å². The van der Waals surface area contributed by atoms with Crippen molar-refractivity contribution in [2.45, 2.75) is 50.7 Å². The van der Waals surface area contributed by atoms with Crippen LogP contribution in [0.15, 0.2) is 66.9 Å². The van der Waals surface area contributed by atoms with Gasteiger partial charge in [0, 0.05) is 53.7 Å². The van der Waals surface area contributed by atoms with Gasteiger partial charge in [0.05, 0.1) is 37.8 Å². The highest BCUT2D eigenvalue weighted by molar-refractivity contribution is 7.70. The summed E-state index contributed by atoms with van der Waals surface area (Å²) in [5.41, 5.74) is 3.77. The number of ether oxygens (including phenoxy) is 2. The van der Waals surface area contributed by atoms with Crippen molar-refractivity contribution in [2.24, 2.45) is 0 Å². The molecule has 1 unspecified atom stereocenters. The molecule has 0 bridgehead atoms. The van der Waals surface area contributed by atoms with E-state index in [4.69, 9.17) is 21.1 Å². The third-order valence-electron chi connectivity index (χ3n) is 10.3. The van der Waals surface area contributed by atoms with Crippen molar-refractivity contribution in [2.75, 3.05) is 62.2 Å². The molecule has 56 heavy (non-hydrogen) atoms. The standard InChI is InChI=1S/C40H46ClN8O6P/c1-54-34-22-26(12-13-30(34)45-40-43-23-29(41)37(47-40)44-31-9-4-5-11-35(31)56(2,3)53)48-19-16-25(17-20-48)42-18-7-21-55-33-10-6-8-27-28(33)24-49(39(27)52)32-14-15-36(50)46-38(32)51/h4-6,8-13,22-23,25,32,42H,7,14-21,24H2,1-3H3,(H,46,50,51)(H2,43,44,45,47). The van der Waals surface area contributed by atoms with Crippen molar-refractivity contribution in [3.05, 3.63) is 83.0 Å². The SMILES string of the molecule is COc1cc(N2CCC(NCCCOc3cccc4c3CN(C3CCC(=O)NC3=O)C4=O)CC2)ccc1Nc1ncc(Cl)c(Nc2ccccc2P(C)(C)=O)n1. The van der Waals surface area contributed by atoms with Crippen molar-refractivity contribution in [3.63, 3.8) is 0 Å². The number of halogens is 1. The van der Waals surface area contributed by atoms with Crippen LogP contribution in [-0.4, -0.2) is 91.4 Å². The molecule has 294 valence electrons. The van der Waals surface area contributed by atoms with Gasteiger partial charge in [-0.3, -0.25) is 19.7 Å². The van der Waals surface area contributed by atoms with Crippen molar-refractivity contribution in [1.82, 2.24) is 25.5 Å². The summed E-state index contributed by atoms with van der Waals surface area (Å²) in [6.07, 6.45) is 4.82. The number of anilines is 5. The molecule has 3 amide bonds. The number of carbonyl (C=O) groups is 3.